The molecule has 5 heteroatoms. The highest BCUT2D eigenvalue weighted by Gasteiger charge is 2.11. The average Bonchev–Trinajstić information content (AvgIpc) is 2.13. The summed E-state index contributed by atoms with van der Waals surface area (Å²) in [5.74, 6) is -0.724. The molecule has 0 aliphatic carbocycles. The first kappa shape index (κ1) is 11.6. The van der Waals surface area contributed by atoms with Crippen LogP contribution in [0, 0.1) is 5.82 Å². The molecule has 0 heterocycles. The number of hydrogen-bond donors (Lipinski definition) is 1. The van der Waals surface area contributed by atoms with Crippen LogP contribution in [0.3, 0.4) is 0 Å². The fraction of sp³-hybridized carbons (Fsp3) is 0.222. The van der Waals surface area contributed by atoms with Crippen molar-refractivity contribution in [1.82, 2.24) is 5.32 Å². The second kappa shape index (κ2) is 4.87. The maximum atomic E-state index is 13.1. The first-order valence-electron chi connectivity index (χ1n) is 3.88. The van der Waals surface area contributed by atoms with E-state index >= 15 is 0 Å². The van der Waals surface area contributed by atoms with Crippen molar-refractivity contribution in [3.63, 3.8) is 0 Å². The third-order valence-corrected chi connectivity index (χ3v) is 2.98. The van der Waals surface area contributed by atoms with Gasteiger partial charge < -0.3 is 5.32 Å². The minimum Gasteiger partial charge on any atom is -0.313 e. The Balaban J connectivity index is 3.06. The second-order valence-electron chi connectivity index (χ2n) is 2.71. The summed E-state index contributed by atoms with van der Waals surface area (Å²) < 4.78 is 13.3. The molecule has 0 aromatic heterocycles. The van der Waals surface area contributed by atoms with Gasteiger partial charge in [0.15, 0.2) is 5.78 Å². The molecule has 1 aromatic rings. The molecular formula is C9H8BrClFNO. The molecule has 0 unspecified atom stereocenters. The van der Waals surface area contributed by atoms with E-state index in [-0.39, 0.29) is 27.4 Å². The van der Waals surface area contributed by atoms with E-state index < -0.39 is 5.82 Å². The van der Waals surface area contributed by atoms with Gasteiger partial charge >= 0.3 is 0 Å². The SMILES string of the molecule is CNCC(=O)c1cc(F)c(Br)c(Cl)c1. The lowest BCUT2D eigenvalue weighted by molar-refractivity contribution is 0.0993. The van der Waals surface area contributed by atoms with Crippen LogP contribution < -0.4 is 5.32 Å². The Bertz CT molecular complexity index is 347. The molecule has 0 saturated heterocycles. The van der Waals surface area contributed by atoms with Crippen LogP contribution in [-0.4, -0.2) is 19.4 Å². The highest BCUT2D eigenvalue weighted by molar-refractivity contribution is 9.10. The van der Waals surface area contributed by atoms with E-state index in [9.17, 15) is 9.18 Å². The van der Waals surface area contributed by atoms with Crippen molar-refractivity contribution in [2.24, 2.45) is 0 Å². The van der Waals surface area contributed by atoms with E-state index in [0.29, 0.717) is 0 Å². The number of carbonyl (C=O) groups is 1. The zero-order valence-electron chi connectivity index (χ0n) is 7.40. The number of rotatable bonds is 3. The summed E-state index contributed by atoms with van der Waals surface area (Å²) >= 11 is 8.67. The van der Waals surface area contributed by atoms with Crippen LogP contribution in [0.15, 0.2) is 16.6 Å². The summed E-state index contributed by atoms with van der Waals surface area (Å²) in [7, 11) is 1.65. The Labute approximate surface area is 94.6 Å². The normalized spacial score (nSPS) is 10.3. The van der Waals surface area contributed by atoms with Gasteiger partial charge in [-0.05, 0) is 35.1 Å². The average molecular weight is 281 g/mol. The second-order valence-corrected chi connectivity index (χ2v) is 3.91. The standard InChI is InChI=1S/C9H8BrClFNO/c1-13-4-8(14)5-2-6(11)9(10)7(12)3-5/h2-3,13H,4H2,1H3. The Hall–Kier alpha value is -0.450. The molecule has 76 valence electrons. The number of nitrogens with one attached hydrogen (secondary N) is 1. The lowest BCUT2D eigenvalue weighted by Gasteiger charge is -2.03. The number of benzene rings is 1. The largest absolute Gasteiger partial charge is 0.313 e. The highest BCUT2D eigenvalue weighted by Crippen LogP contribution is 2.26. The van der Waals surface area contributed by atoms with E-state index in [1.54, 1.807) is 7.05 Å². The van der Waals surface area contributed by atoms with E-state index in [1.807, 2.05) is 0 Å². The van der Waals surface area contributed by atoms with Crippen LogP contribution in [0.4, 0.5) is 4.39 Å². The molecule has 0 aliphatic rings. The molecule has 0 bridgehead atoms. The topological polar surface area (TPSA) is 29.1 Å². The van der Waals surface area contributed by atoms with Crippen molar-refractivity contribution >= 4 is 33.3 Å². The van der Waals surface area contributed by atoms with Gasteiger partial charge in [-0.1, -0.05) is 11.6 Å². The Morgan fingerprint density at radius 1 is 1.64 bits per heavy atom. The van der Waals surface area contributed by atoms with Crippen molar-refractivity contribution in [3.8, 4) is 0 Å². The Morgan fingerprint density at radius 2 is 2.29 bits per heavy atom. The Morgan fingerprint density at radius 3 is 2.79 bits per heavy atom. The first-order chi connectivity index (χ1) is 6.56. The van der Waals surface area contributed by atoms with Gasteiger partial charge in [-0.3, -0.25) is 4.79 Å². The van der Waals surface area contributed by atoms with Gasteiger partial charge in [0, 0.05) is 5.56 Å². The molecule has 0 amide bonds. The number of hydrogen-bond acceptors (Lipinski definition) is 2. The van der Waals surface area contributed by atoms with Crippen molar-refractivity contribution in [3.05, 3.63) is 33.0 Å². The number of ketones is 1. The maximum absolute atomic E-state index is 13.1. The van der Waals surface area contributed by atoms with E-state index in [1.165, 1.54) is 6.07 Å². The Kier molecular flexibility index (Phi) is 4.04. The van der Waals surface area contributed by atoms with Gasteiger partial charge in [0.05, 0.1) is 16.0 Å². The minimum absolute atomic E-state index is 0.164. The predicted octanol–water partition coefficient (Wildman–Crippen LogP) is 2.64. The quantitative estimate of drug-likeness (QED) is 0.681. The monoisotopic (exact) mass is 279 g/mol. The van der Waals surface area contributed by atoms with Gasteiger partial charge in [-0.25, -0.2) is 4.39 Å². The number of halogens is 3. The summed E-state index contributed by atoms with van der Waals surface area (Å²) in [6.45, 7) is 0.164. The summed E-state index contributed by atoms with van der Waals surface area (Å²) in [4.78, 5) is 11.4. The minimum atomic E-state index is -0.531. The third kappa shape index (κ3) is 2.53. The fourth-order valence-electron chi connectivity index (χ4n) is 0.979. The molecule has 0 spiro atoms. The highest BCUT2D eigenvalue weighted by atomic mass is 79.9. The molecule has 14 heavy (non-hydrogen) atoms. The summed E-state index contributed by atoms with van der Waals surface area (Å²) in [5.41, 5.74) is 0.269. The van der Waals surface area contributed by atoms with Crippen molar-refractivity contribution in [2.45, 2.75) is 0 Å². The molecular weight excluding hydrogens is 272 g/mol. The van der Waals surface area contributed by atoms with Crippen LogP contribution in [-0.2, 0) is 0 Å². The summed E-state index contributed by atoms with van der Waals surface area (Å²) in [6, 6.07) is 2.60. The number of likely N-dealkylation sites (N-methyl/N-ethyl adjacent to an activating group) is 1. The van der Waals surface area contributed by atoms with Crippen LogP contribution in [0.2, 0.25) is 5.02 Å². The molecule has 0 aliphatic heterocycles. The van der Waals surface area contributed by atoms with Gasteiger partial charge in [0.2, 0.25) is 0 Å². The van der Waals surface area contributed by atoms with E-state index in [2.05, 4.69) is 21.2 Å². The summed E-state index contributed by atoms with van der Waals surface area (Å²) in [6.07, 6.45) is 0. The molecule has 0 atom stereocenters. The lowest BCUT2D eigenvalue weighted by Crippen LogP contribution is -2.18. The first-order valence-corrected chi connectivity index (χ1v) is 5.05. The van der Waals surface area contributed by atoms with Gasteiger partial charge in [0.1, 0.15) is 5.82 Å². The van der Waals surface area contributed by atoms with Crippen molar-refractivity contribution in [1.29, 1.82) is 0 Å². The summed E-state index contributed by atoms with van der Waals surface area (Å²) in [5, 5.41) is 2.89. The smallest absolute Gasteiger partial charge is 0.176 e. The zero-order chi connectivity index (χ0) is 10.7. The molecule has 1 rings (SSSR count). The van der Waals surface area contributed by atoms with Gasteiger partial charge in [-0.15, -0.1) is 0 Å². The molecule has 0 radical (unpaired) electrons. The maximum Gasteiger partial charge on any atom is 0.176 e. The van der Waals surface area contributed by atoms with Gasteiger partial charge in [0.25, 0.3) is 0 Å². The van der Waals surface area contributed by atoms with E-state index in [4.69, 9.17) is 11.6 Å². The van der Waals surface area contributed by atoms with Crippen LogP contribution in [0.1, 0.15) is 10.4 Å². The van der Waals surface area contributed by atoms with Gasteiger partial charge in [-0.2, -0.15) is 0 Å². The lowest BCUT2D eigenvalue weighted by atomic mass is 10.1. The molecule has 2 nitrogen and oxygen atoms in total. The molecule has 1 aromatic carbocycles. The predicted molar refractivity (Wildman–Crippen MR) is 57.4 cm³/mol. The van der Waals surface area contributed by atoms with Crippen LogP contribution >= 0.6 is 27.5 Å². The molecule has 1 N–H and O–H groups in total. The van der Waals surface area contributed by atoms with Crippen molar-refractivity contribution < 1.29 is 9.18 Å². The fourth-order valence-corrected chi connectivity index (χ4v) is 1.42. The zero-order valence-corrected chi connectivity index (χ0v) is 9.75. The van der Waals surface area contributed by atoms with Crippen LogP contribution in [0.5, 0.6) is 0 Å². The van der Waals surface area contributed by atoms with Crippen molar-refractivity contribution in [2.75, 3.05) is 13.6 Å². The van der Waals surface area contributed by atoms with E-state index in [0.717, 1.165) is 6.07 Å². The number of Topliss-reactive ketones (excluding diaryl/α,β-unsaturated/α-hetero) is 1. The molecule has 0 saturated carbocycles. The number of carbonyl (C=O) groups excluding carboxylic acids is 1. The van der Waals surface area contributed by atoms with Crippen LogP contribution in [0.25, 0.3) is 0 Å². The molecule has 0 fully saturated rings. The third-order valence-electron chi connectivity index (χ3n) is 1.64.